The molecule has 0 aromatic heterocycles. The van der Waals surface area contributed by atoms with Gasteiger partial charge in [0.05, 0.1) is 11.1 Å². The quantitative estimate of drug-likeness (QED) is 0.689. The Bertz CT molecular complexity index is 1050. The molecule has 0 spiro atoms. The van der Waals surface area contributed by atoms with E-state index in [0.29, 0.717) is 11.1 Å². The number of amides is 1. The average Bonchev–Trinajstić information content (AvgIpc) is 2.74. The summed E-state index contributed by atoms with van der Waals surface area (Å²) in [6.07, 6.45) is 2.82. The normalized spacial score (nSPS) is 15.3. The first-order chi connectivity index (χ1) is 13.7. The molecular formula is C24H20N2OS. The van der Waals surface area contributed by atoms with Gasteiger partial charge in [-0.2, -0.15) is 5.26 Å². The van der Waals surface area contributed by atoms with Gasteiger partial charge in [-0.15, -0.1) is 0 Å². The third kappa shape index (κ3) is 3.95. The number of fused-ring (bicyclic) bond motifs is 1. The number of aryl methyl sites for hydroxylation is 1. The third-order valence-corrected chi connectivity index (χ3v) is 6.19. The van der Waals surface area contributed by atoms with Gasteiger partial charge in [-0.3, -0.25) is 4.79 Å². The van der Waals surface area contributed by atoms with Crippen molar-refractivity contribution in [1.29, 1.82) is 5.26 Å². The van der Waals surface area contributed by atoms with Gasteiger partial charge in [0.2, 0.25) is 0 Å². The van der Waals surface area contributed by atoms with Gasteiger partial charge in [0.25, 0.3) is 5.91 Å². The van der Waals surface area contributed by atoms with E-state index in [1.54, 1.807) is 6.07 Å². The molecule has 1 N–H and O–H groups in total. The van der Waals surface area contributed by atoms with E-state index in [9.17, 15) is 10.1 Å². The van der Waals surface area contributed by atoms with E-state index in [1.165, 1.54) is 22.9 Å². The van der Waals surface area contributed by atoms with Crippen LogP contribution >= 0.6 is 11.8 Å². The SMILES string of the molecule is N#Cc1ccccc1Sc1ccccc1C(=O)NC1CCc2ccccc2C1. The topological polar surface area (TPSA) is 52.9 Å². The zero-order valence-corrected chi connectivity index (χ0v) is 16.2. The van der Waals surface area contributed by atoms with Crippen LogP contribution in [0.4, 0.5) is 0 Å². The van der Waals surface area contributed by atoms with Gasteiger partial charge >= 0.3 is 0 Å². The molecule has 4 rings (SSSR count). The lowest BCUT2D eigenvalue weighted by molar-refractivity contribution is 0.0930. The molecule has 1 atom stereocenters. The lowest BCUT2D eigenvalue weighted by Crippen LogP contribution is -2.39. The molecule has 0 radical (unpaired) electrons. The molecule has 1 amide bonds. The highest BCUT2D eigenvalue weighted by Gasteiger charge is 2.21. The van der Waals surface area contributed by atoms with E-state index in [-0.39, 0.29) is 11.9 Å². The van der Waals surface area contributed by atoms with Crippen LogP contribution in [-0.2, 0) is 12.8 Å². The van der Waals surface area contributed by atoms with Crippen LogP contribution < -0.4 is 5.32 Å². The molecule has 0 aliphatic heterocycles. The number of nitrogens with one attached hydrogen (secondary N) is 1. The zero-order chi connectivity index (χ0) is 19.3. The van der Waals surface area contributed by atoms with E-state index in [0.717, 1.165) is 29.1 Å². The Morgan fingerprint density at radius 1 is 0.929 bits per heavy atom. The van der Waals surface area contributed by atoms with Gasteiger partial charge in [-0.05, 0) is 54.7 Å². The van der Waals surface area contributed by atoms with Crippen molar-refractivity contribution in [2.75, 3.05) is 0 Å². The minimum Gasteiger partial charge on any atom is -0.349 e. The fraction of sp³-hybridized carbons (Fsp3) is 0.167. The summed E-state index contributed by atoms with van der Waals surface area (Å²) < 4.78 is 0. The second-order valence-electron chi connectivity index (χ2n) is 6.89. The Morgan fingerprint density at radius 2 is 1.61 bits per heavy atom. The molecule has 138 valence electrons. The van der Waals surface area contributed by atoms with Crippen molar-refractivity contribution in [3.05, 3.63) is 95.1 Å². The number of benzene rings is 3. The summed E-state index contributed by atoms with van der Waals surface area (Å²) in [4.78, 5) is 14.7. The van der Waals surface area contributed by atoms with E-state index < -0.39 is 0 Å². The molecule has 28 heavy (non-hydrogen) atoms. The Labute approximate surface area is 169 Å². The number of carbonyl (C=O) groups excluding carboxylic acids is 1. The van der Waals surface area contributed by atoms with Crippen LogP contribution in [0.3, 0.4) is 0 Å². The number of carbonyl (C=O) groups is 1. The minimum absolute atomic E-state index is 0.0538. The average molecular weight is 385 g/mol. The number of hydrogen-bond acceptors (Lipinski definition) is 3. The molecule has 0 fully saturated rings. The number of rotatable bonds is 4. The molecule has 0 heterocycles. The number of nitriles is 1. The summed E-state index contributed by atoms with van der Waals surface area (Å²) in [7, 11) is 0. The third-order valence-electron chi connectivity index (χ3n) is 5.04. The lowest BCUT2D eigenvalue weighted by atomic mass is 9.88. The van der Waals surface area contributed by atoms with Crippen LogP contribution in [0.2, 0.25) is 0 Å². The lowest BCUT2D eigenvalue weighted by Gasteiger charge is -2.25. The van der Waals surface area contributed by atoms with Crippen molar-refractivity contribution in [2.24, 2.45) is 0 Å². The second-order valence-corrected chi connectivity index (χ2v) is 7.97. The molecule has 4 heteroatoms. The largest absolute Gasteiger partial charge is 0.349 e. The molecule has 3 aromatic rings. The Kier molecular flexibility index (Phi) is 5.45. The summed E-state index contributed by atoms with van der Waals surface area (Å²) >= 11 is 1.46. The highest BCUT2D eigenvalue weighted by Crippen LogP contribution is 2.32. The zero-order valence-electron chi connectivity index (χ0n) is 15.4. The molecule has 1 unspecified atom stereocenters. The van der Waals surface area contributed by atoms with Crippen molar-refractivity contribution >= 4 is 17.7 Å². The van der Waals surface area contributed by atoms with Crippen LogP contribution in [-0.4, -0.2) is 11.9 Å². The van der Waals surface area contributed by atoms with Gasteiger partial charge in [0.15, 0.2) is 0 Å². The first kappa shape index (κ1) is 18.3. The van der Waals surface area contributed by atoms with Crippen LogP contribution in [0.15, 0.2) is 82.6 Å². The first-order valence-corrected chi connectivity index (χ1v) is 10.2. The summed E-state index contributed by atoms with van der Waals surface area (Å²) in [5.74, 6) is -0.0538. The van der Waals surface area contributed by atoms with E-state index in [1.807, 2.05) is 42.5 Å². The molecule has 3 aromatic carbocycles. The molecule has 0 saturated carbocycles. The summed E-state index contributed by atoms with van der Waals surface area (Å²) in [6, 6.07) is 25.9. The van der Waals surface area contributed by atoms with Gasteiger partial charge in [0.1, 0.15) is 6.07 Å². The molecule has 1 aliphatic carbocycles. The predicted octanol–water partition coefficient (Wildman–Crippen LogP) is 5.00. The van der Waals surface area contributed by atoms with Crippen molar-refractivity contribution in [3.63, 3.8) is 0 Å². The second kappa shape index (κ2) is 8.33. The van der Waals surface area contributed by atoms with Gasteiger partial charge in [-0.1, -0.05) is 60.3 Å². The van der Waals surface area contributed by atoms with Crippen molar-refractivity contribution < 1.29 is 4.79 Å². The minimum atomic E-state index is -0.0538. The molecule has 1 aliphatic rings. The van der Waals surface area contributed by atoms with E-state index in [2.05, 4.69) is 35.7 Å². The maximum atomic E-state index is 13.0. The Morgan fingerprint density at radius 3 is 2.43 bits per heavy atom. The van der Waals surface area contributed by atoms with Crippen LogP contribution in [0.5, 0.6) is 0 Å². The number of nitrogens with zero attached hydrogens (tertiary/aromatic N) is 1. The summed E-state index contributed by atoms with van der Waals surface area (Å²) in [6.45, 7) is 0. The van der Waals surface area contributed by atoms with Gasteiger partial charge in [-0.25, -0.2) is 0 Å². The summed E-state index contributed by atoms with van der Waals surface area (Å²) in [5, 5.41) is 12.5. The monoisotopic (exact) mass is 384 g/mol. The summed E-state index contributed by atoms with van der Waals surface area (Å²) in [5.41, 5.74) is 3.98. The standard InChI is InChI=1S/C24H20N2OS/c25-16-19-9-3-5-11-22(19)28-23-12-6-4-10-21(23)24(27)26-20-14-13-17-7-1-2-8-18(17)15-20/h1-12,20H,13-15H2,(H,26,27). The fourth-order valence-electron chi connectivity index (χ4n) is 3.59. The molecule has 0 saturated heterocycles. The maximum absolute atomic E-state index is 13.0. The highest BCUT2D eigenvalue weighted by molar-refractivity contribution is 7.99. The number of hydrogen-bond donors (Lipinski definition) is 1. The Hall–Kier alpha value is -3.03. The highest BCUT2D eigenvalue weighted by atomic mass is 32.2. The smallest absolute Gasteiger partial charge is 0.252 e. The molecular weight excluding hydrogens is 364 g/mol. The Balaban J connectivity index is 1.52. The van der Waals surface area contributed by atoms with Gasteiger partial charge < -0.3 is 5.32 Å². The first-order valence-electron chi connectivity index (χ1n) is 9.38. The van der Waals surface area contributed by atoms with Crippen LogP contribution in [0.1, 0.15) is 33.5 Å². The maximum Gasteiger partial charge on any atom is 0.252 e. The molecule has 3 nitrogen and oxygen atoms in total. The van der Waals surface area contributed by atoms with Crippen LogP contribution in [0, 0.1) is 11.3 Å². The predicted molar refractivity (Wildman–Crippen MR) is 111 cm³/mol. The van der Waals surface area contributed by atoms with Crippen molar-refractivity contribution in [2.45, 2.75) is 35.1 Å². The van der Waals surface area contributed by atoms with E-state index in [4.69, 9.17) is 0 Å². The van der Waals surface area contributed by atoms with E-state index >= 15 is 0 Å². The fourth-order valence-corrected chi connectivity index (χ4v) is 4.62. The van der Waals surface area contributed by atoms with Crippen molar-refractivity contribution in [1.82, 2.24) is 5.32 Å². The van der Waals surface area contributed by atoms with Gasteiger partial charge in [0, 0.05) is 15.8 Å². The van der Waals surface area contributed by atoms with Crippen molar-refractivity contribution in [3.8, 4) is 6.07 Å². The molecule has 0 bridgehead atoms. The van der Waals surface area contributed by atoms with Crippen LogP contribution in [0.25, 0.3) is 0 Å².